The fourth-order valence-corrected chi connectivity index (χ4v) is 6.65. The zero-order valence-corrected chi connectivity index (χ0v) is 28.1. The topological polar surface area (TPSA) is 158 Å². The molecule has 2 heterocycles. The first kappa shape index (κ1) is 34.8. The number of likely N-dealkylation sites (N-methyl/N-ethyl adjacent to an activating group) is 1. The summed E-state index contributed by atoms with van der Waals surface area (Å²) in [6, 6.07) is 20.1. The van der Waals surface area contributed by atoms with Gasteiger partial charge in [0.1, 0.15) is 12.1 Å². The molecule has 3 amide bonds. The lowest BCUT2D eigenvalue weighted by molar-refractivity contribution is -0.142. The van der Waals surface area contributed by atoms with Crippen LogP contribution >= 0.6 is 0 Å². The van der Waals surface area contributed by atoms with Gasteiger partial charge in [0.2, 0.25) is 17.7 Å². The minimum atomic E-state index is -0.830. The molecule has 0 fully saturated rings. The van der Waals surface area contributed by atoms with Gasteiger partial charge in [-0.2, -0.15) is 0 Å². The lowest BCUT2D eigenvalue weighted by Crippen LogP contribution is -2.57. The highest BCUT2D eigenvalue weighted by Gasteiger charge is 2.34. The van der Waals surface area contributed by atoms with Crippen molar-refractivity contribution < 1.29 is 14.4 Å². The number of hydrogen-bond acceptors (Lipinski definition) is 6. The standard InChI is InChI=1S/C38H49N7O3/c1-25-10-7-13-28-23-43-37(47)34(21-29-24-42-31-15-4-3-14-30(29)31)45(2)38(48)33(16-5-6-18-39)44-36(46)32(17-9-19-40)41-22-26-11-8-12-27(20-26)35(25)28/h3-4,7-8,10-15,20,24,32-34,41-42H,5-6,9,16-19,21-23,39-40H2,1-2H3,(H,43,47)(H,44,46)/t32-,33?,34-/m0/s1. The van der Waals surface area contributed by atoms with E-state index in [1.807, 2.05) is 54.7 Å². The predicted molar refractivity (Wildman–Crippen MR) is 191 cm³/mol. The number of amides is 3. The van der Waals surface area contributed by atoms with Gasteiger partial charge in [-0.15, -0.1) is 0 Å². The average Bonchev–Trinajstić information content (AvgIpc) is 3.51. The number of aromatic nitrogens is 1. The van der Waals surface area contributed by atoms with Crippen molar-refractivity contribution in [3.63, 3.8) is 0 Å². The molecule has 0 saturated heterocycles. The Balaban J connectivity index is 1.56. The molecule has 3 atom stereocenters. The van der Waals surface area contributed by atoms with Gasteiger partial charge in [0.25, 0.3) is 0 Å². The molecule has 1 aliphatic heterocycles. The summed E-state index contributed by atoms with van der Waals surface area (Å²) in [7, 11) is 1.66. The fraction of sp³-hybridized carbons (Fsp3) is 0.395. The van der Waals surface area contributed by atoms with Gasteiger partial charge in [0.05, 0.1) is 6.04 Å². The molecule has 0 aliphatic carbocycles. The number of carbonyl (C=O) groups is 3. The minimum Gasteiger partial charge on any atom is -0.361 e. The number of aromatic amines is 1. The van der Waals surface area contributed by atoms with E-state index in [-0.39, 0.29) is 17.7 Å². The van der Waals surface area contributed by atoms with Gasteiger partial charge in [-0.25, -0.2) is 0 Å². The number of H-pyrrole nitrogens is 1. The van der Waals surface area contributed by atoms with Crippen LogP contribution in [0.4, 0.5) is 0 Å². The molecule has 8 N–H and O–H groups in total. The monoisotopic (exact) mass is 651 g/mol. The summed E-state index contributed by atoms with van der Waals surface area (Å²) in [6.07, 6.45) is 5.15. The van der Waals surface area contributed by atoms with Crippen LogP contribution in [0.5, 0.6) is 0 Å². The van der Waals surface area contributed by atoms with Crippen molar-refractivity contribution in [3.05, 3.63) is 95.2 Å². The van der Waals surface area contributed by atoms with E-state index in [0.717, 1.165) is 44.3 Å². The highest BCUT2D eigenvalue weighted by Crippen LogP contribution is 2.29. The van der Waals surface area contributed by atoms with Crippen molar-refractivity contribution >= 4 is 28.6 Å². The molecular weight excluding hydrogens is 602 g/mol. The Morgan fingerprint density at radius 2 is 1.60 bits per heavy atom. The fourth-order valence-electron chi connectivity index (χ4n) is 6.65. The van der Waals surface area contributed by atoms with E-state index in [9.17, 15) is 14.4 Å². The molecule has 3 aromatic carbocycles. The maximum atomic E-state index is 14.3. The number of unbranched alkanes of at least 4 members (excludes halogenated alkanes) is 1. The van der Waals surface area contributed by atoms with E-state index < -0.39 is 18.1 Å². The van der Waals surface area contributed by atoms with Crippen LogP contribution < -0.4 is 27.4 Å². The SMILES string of the molecule is Cc1cccc2c1-c1cccc(c1)CN[C@@H](CCCN)C(=O)NC(CCCCN)C(=O)N(C)[C@@H](Cc1c[nH]c3ccccc13)C(=O)NC2. The third kappa shape index (κ3) is 8.31. The zero-order valence-electron chi connectivity index (χ0n) is 28.1. The molecule has 254 valence electrons. The normalized spacial score (nSPS) is 19.5. The Labute approximate surface area is 283 Å². The number of aryl methyl sites for hydroxylation is 1. The van der Waals surface area contributed by atoms with E-state index in [4.69, 9.17) is 11.5 Å². The summed E-state index contributed by atoms with van der Waals surface area (Å²) < 4.78 is 0. The summed E-state index contributed by atoms with van der Waals surface area (Å²) in [5.74, 6) is -0.844. The summed E-state index contributed by atoms with van der Waals surface area (Å²) in [5, 5.41) is 10.7. The summed E-state index contributed by atoms with van der Waals surface area (Å²) in [4.78, 5) is 47.2. The van der Waals surface area contributed by atoms with E-state index >= 15 is 0 Å². The van der Waals surface area contributed by atoms with Crippen LogP contribution in [0, 0.1) is 6.92 Å². The quantitative estimate of drug-likeness (QED) is 0.152. The minimum absolute atomic E-state index is 0.262. The number of para-hydroxylation sites is 1. The van der Waals surface area contributed by atoms with Gasteiger partial charge in [0, 0.05) is 43.7 Å². The molecule has 0 radical (unpaired) electrons. The number of rotatable bonds is 9. The van der Waals surface area contributed by atoms with E-state index in [1.54, 1.807) is 7.05 Å². The molecule has 48 heavy (non-hydrogen) atoms. The summed E-state index contributed by atoms with van der Waals surface area (Å²) >= 11 is 0. The second-order valence-electron chi connectivity index (χ2n) is 12.8. The molecular formula is C38H49N7O3. The van der Waals surface area contributed by atoms with E-state index in [1.165, 1.54) is 4.90 Å². The molecule has 1 unspecified atom stereocenters. The molecule has 0 spiro atoms. The van der Waals surface area contributed by atoms with Crippen LogP contribution in [0.25, 0.3) is 22.0 Å². The molecule has 0 saturated carbocycles. The molecule has 5 rings (SSSR count). The molecule has 1 aromatic heterocycles. The van der Waals surface area contributed by atoms with Gasteiger partial charge < -0.3 is 37.3 Å². The number of hydrogen-bond donors (Lipinski definition) is 6. The van der Waals surface area contributed by atoms with Crippen molar-refractivity contribution in [1.82, 2.24) is 25.8 Å². The number of fused-ring (bicyclic) bond motifs is 5. The summed E-state index contributed by atoms with van der Waals surface area (Å²) in [5.41, 5.74) is 18.7. The van der Waals surface area contributed by atoms with Crippen LogP contribution in [0.3, 0.4) is 0 Å². The smallest absolute Gasteiger partial charge is 0.245 e. The van der Waals surface area contributed by atoms with Gasteiger partial charge in [-0.05, 0) is 97.6 Å². The van der Waals surface area contributed by atoms with E-state index in [0.29, 0.717) is 64.7 Å². The van der Waals surface area contributed by atoms with Gasteiger partial charge >= 0.3 is 0 Å². The first-order valence-corrected chi connectivity index (χ1v) is 17.0. The lowest BCUT2D eigenvalue weighted by atomic mass is 9.93. The predicted octanol–water partition coefficient (Wildman–Crippen LogP) is 3.65. The first-order chi connectivity index (χ1) is 23.3. The molecule has 10 heteroatoms. The van der Waals surface area contributed by atoms with Gasteiger partial charge in [0.15, 0.2) is 0 Å². The van der Waals surface area contributed by atoms with Crippen LogP contribution in [0.15, 0.2) is 72.9 Å². The van der Waals surface area contributed by atoms with Crippen molar-refractivity contribution in [3.8, 4) is 11.1 Å². The van der Waals surface area contributed by atoms with E-state index in [2.05, 4.69) is 46.1 Å². The first-order valence-electron chi connectivity index (χ1n) is 17.0. The second kappa shape index (κ2) is 16.5. The van der Waals surface area contributed by atoms with Crippen LogP contribution in [-0.2, 0) is 33.9 Å². The maximum absolute atomic E-state index is 14.3. The summed E-state index contributed by atoms with van der Waals surface area (Å²) in [6.45, 7) is 3.76. The van der Waals surface area contributed by atoms with Crippen LogP contribution in [0.2, 0.25) is 0 Å². The Kier molecular flexibility index (Phi) is 12.0. The number of benzene rings is 3. The molecule has 10 nitrogen and oxygen atoms in total. The Hall–Kier alpha value is -4.51. The maximum Gasteiger partial charge on any atom is 0.245 e. The Bertz CT molecular complexity index is 1720. The highest BCUT2D eigenvalue weighted by atomic mass is 16.2. The zero-order chi connectivity index (χ0) is 34.0. The van der Waals surface area contributed by atoms with Crippen molar-refractivity contribution in [1.29, 1.82) is 0 Å². The van der Waals surface area contributed by atoms with Gasteiger partial charge in [-0.1, -0.05) is 54.6 Å². The highest BCUT2D eigenvalue weighted by molar-refractivity contribution is 5.94. The number of nitrogens with one attached hydrogen (secondary N) is 4. The van der Waals surface area contributed by atoms with Gasteiger partial charge in [-0.3, -0.25) is 14.4 Å². The van der Waals surface area contributed by atoms with Crippen molar-refractivity contribution in [2.24, 2.45) is 11.5 Å². The van der Waals surface area contributed by atoms with Crippen molar-refractivity contribution in [2.75, 3.05) is 20.1 Å². The number of nitrogens with zero attached hydrogens (tertiary/aromatic N) is 1. The van der Waals surface area contributed by atoms with Crippen LogP contribution in [0.1, 0.15) is 54.4 Å². The molecule has 2 bridgehead atoms. The number of carbonyl (C=O) groups excluding carboxylic acids is 3. The Morgan fingerprint density at radius 3 is 2.42 bits per heavy atom. The largest absolute Gasteiger partial charge is 0.361 e. The average molecular weight is 652 g/mol. The molecule has 4 aromatic rings. The second-order valence-corrected chi connectivity index (χ2v) is 12.8. The van der Waals surface area contributed by atoms with Crippen LogP contribution in [-0.4, -0.2) is 65.9 Å². The number of nitrogens with two attached hydrogens (primary N) is 2. The van der Waals surface area contributed by atoms with Crippen molar-refractivity contribution in [2.45, 2.75) is 76.7 Å². The third-order valence-electron chi connectivity index (χ3n) is 9.36. The Morgan fingerprint density at radius 1 is 0.833 bits per heavy atom. The third-order valence-corrected chi connectivity index (χ3v) is 9.36. The molecule has 1 aliphatic rings. The lowest BCUT2D eigenvalue weighted by Gasteiger charge is -2.32.